The lowest BCUT2D eigenvalue weighted by molar-refractivity contribution is -0.132. The van der Waals surface area contributed by atoms with E-state index in [0.717, 1.165) is 39.1 Å². The molecule has 22 heavy (non-hydrogen) atoms. The molecular weight excluding hydrogens is 274 g/mol. The highest BCUT2D eigenvalue weighted by molar-refractivity contribution is 5.77. The summed E-state index contributed by atoms with van der Waals surface area (Å²) < 4.78 is 0. The van der Waals surface area contributed by atoms with Crippen LogP contribution in [0.25, 0.3) is 0 Å². The SMILES string of the molecule is CCc1cccc(C)c1NCCC(=O)N1CCN(CC)CC1. The van der Waals surface area contributed by atoms with E-state index in [2.05, 4.69) is 49.2 Å². The average Bonchev–Trinajstić information content (AvgIpc) is 2.56. The molecule has 0 aliphatic carbocycles. The first-order valence-electron chi connectivity index (χ1n) is 8.48. The molecule has 1 aliphatic rings. The largest absolute Gasteiger partial charge is 0.384 e. The second-order valence-corrected chi connectivity index (χ2v) is 5.95. The van der Waals surface area contributed by atoms with Crippen molar-refractivity contribution in [3.05, 3.63) is 29.3 Å². The van der Waals surface area contributed by atoms with E-state index in [-0.39, 0.29) is 5.91 Å². The fraction of sp³-hybridized carbons (Fsp3) is 0.611. The van der Waals surface area contributed by atoms with E-state index in [1.54, 1.807) is 0 Å². The topological polar surface area (TPSA) is 35.6 Å². The summed E-state index contributed by atoms with van der Waals surface area (Å²) in [6, 6.07) is 6.37. The van der Waals surface area contributed by atoms with E-state index in [4.69, 9.17) is 0 Å². The number of anilines is 1. The molecule has 0 spiro atoms. The Kier molecular flexibility index (Phi) is 6.25. The molecule has 122 valence electrons. The Morgan fingerprint density at radius 2 is 1.91 bits per heavy atom. The van der Waals surface area contributed by atoms with Gasteiger partial charge in [0.2, 0.25) is 5.91 Å². The third-order valence-electron chi connectivity index (χ3n) is 4.55. The molecule has 1 heterocycles. The van der Waals surface area contributed by atoms with Gasteiger partial charge in [0.15, 0.2) is 0 Å². The highest BCUT2D eigenvalue weighted by Gasteiger charge is 2.19. The van der Waals surface area contributed by atoms with Crippen LogP contribution >= 0.6 is 0 Å². The molecule has 4 nitrogen and oxygen atoms in total. The number of nitrogens with zero attached hydrogens (tertiary/aromatic N) is 2. The van der Waals surface area contributed by atoms with Crippen LogP contribution in [0.2, 0.25) is 0 Å². The number of rotatable bonds is 6. The van der Waals surface area contributed by atoms with Crippen molar-refractivity contribution in [2.24, 2.45) is 0 Å². The van der Waals surface area contributed by atoms with Crippen molar-refractivity contribution in [2.75, 3.05) is 44.6 Å². The highest BCUT2D eigenvalue weighted by atomic mass is 16.2. The summed E-state index contributed by atoms with van der Waals surface area (Å²) in [5.41, 5.74) is 3.78. The maximum absolute atomic E-state index is 12.3. The minimum Gasteiger partial charge on any atom is -0.384 e. The maximum Gasteiger partial charge on any atom is 0.224 e. The van der Waals surface area contributed by atoms with E-state index in [0.29, 0.717) is 13.0 Å². The summed E-state index contributed by atoms with van der Waals surface area (Å²) in [6.45, 7) is 12.0. The van der Waals surface area contributed by atoms with Gasteiger partial charge in [0.25, 0.3) is 0 Å². The molecule has 0 radical (unpaired) electrons. The third kappa shape index (κ3) is 4.23. The van der Waals surface area contributed by atoms with Gasteiger partial charge in [-0.1, -0.05) is 32.0 Å². The molecule has 1 aromatic rings. The summed E-state index contributed by atoms with van der Waals surface area (Å²) >= 11 is 0. The van der Waals surface area contributed by atoms with Gasteiger partial charge in [-0.05, 0) is 31.0 Å². The van der Waals surface area contributed by atoms with Crippen LogP contribution in [0.5, 0.6) is 0 Å². The van der Waals surface area contributed by atoms with E-state index in [1.807, 2.05) is 4.90 Å². The molecule has 4 heteroatoms. The fourth-order valence-electron chi connectivity index (χ4n) is 3.04. The monoisotopic (exact) mass is 303 g/mol. The van der Waals surface area contributed by atoms with Gasteiger partial charge >= 0.3 is 0 Å². The lowest BCUT2D eigenvalue weighted by Gasteiger charge is -2.34. The Labute approximate surface area is 134 Å². The molecule has 0 unspecified atom stereocenters. The van der Waals surface area contributed by atoms with Crippen molar-refractivity contribution < 1.29 is 4.79 Å². The zero-order valence-electron chi connectivity index (χ0n) is 14.2. The van der Waals surface area contributed by atoms with Crippen LogP contribution in [0.3, 0.4) is 0 Å². The van der Waals surface area contributed by atoms with Gasteiger partial charge in [-0.15, -0.1) is 0 Å². The predicted molar refractivity (Wildman–Crippen MR) is 92.4 cm³/mol. The fourth-order valence-corrected chi connectivity index (χ4v) is 3.04. The van der Waals surface area contributed by atoms with Crippen molar-refractivity contribution in [1.29, 1.82) is 0 Å². The molecule has 1 N–H and O–H groups in total. The van der Waals surface area contributed by atoms with Crippen LogP contribution in [0.15, 0.2) is 18.2 Å². The van der Waals surface area contributed by atoms with Gasteiger partial charge in [-0.2, -0.15) is 0 Å². The van der Waals surface area contributed by atoms with Crippen LogP contribution in [0.4, 0.5) is 5.69 Å². The van der Waals surface area contributed by atoms with Crippen LogP contribution in [0.1, 0.15) is 31.4 Å². The van der Waals surface area contributed by atoms with Crippen LogP contribution in [-0.4, -0.2) is 55.0 Å². The summed E-state index contributed by atoms with van der Waals surface area (Å²) in [4.78, 5) is 16.7. The molecule has 0 bridgehead atoms. The van der Waals surface area contributed by atoms with Gasteiger partial charge in [0, 0.05) is 44.8 Å². The van der Waals surface area contributed by atoms with Gasteiger partial charge in [0.1, 0.15) is 0 Å². The summed E-state index contributed by atoms with van der Waals surface area (Å²) in [7, 11) is 0. The minimum absolute atomic E-state index is 0.273. The van der Waals surface area contributed by atoms with E-state index in [1.165, 1.54) is 16.8 Å². The molecule has 1 aromatic carbocycles. The number of hydrogen-bond donors (Lipinski definition) is 1. The highest BCUT2D eigenvalue weighted by Crippen LogP contribution is 2.21. The minimum atomic E-state index is 0.273. The number of benzene rings is 1. The first kappa shape index (κ1) is 16.8. The van der Waals surface area contributed by atoms with Gasteiger partial charge in [-0.3, -0.25) is 4.79 Å². The predicted octanol–water partition coefficient (Wildman–Crippen LogP) is 2.52. The second-order valence-electron chi connectivity index (χ2n) is 5.95. The molecule has 0 saturated carbocycles. The first-order valence-corrected chi connectivity index (χ1v) is 8.48. The Morgan fingerprint density at radius 1 is 1.18 bits per heavy atom. The number of carbonyl (C=O) groups excluding carboxylic acids is 1. The van der Waals surface area contributed by atoms with Gasteiger partial charge in [0.05, 0.1) is 0 Å². The zero-order valence-corrected chi connectivity index (χ0v) is 14.2. The summed E-state index contributed by atoms with van der Waals surface area (Å²) in [5.74, 6) is 0.273. The number of amides is 1. The second kappa shape index (κ2) is 8.18. The Morgan fingerprint density at radius 3 is 2.55 bits per heavy atom. The standard InChI is InChI=1S/C18H29N3O/c1-4-16-8-6-7-15(3)18(16)19-10-9-17(22)21-13-11-20(5-2)12-14-21/h6-8,19H,4-5,9-14H2,1-3H3. The number of likely N-dealkylation sites (N-methyl/N-ethyl adjacent to an activating group) is 1. The molecule has 1 amide bonds. The van der Waals surface area contributed by atoms with Crippen LogP contribution in [0, 0.1) is 6.92 Å². The van der Waals surface area contributed by atoms with Crippen molar-refractivity contribution in [3.63, 3.8) is 0 Å². The zero-order chi connectivity index (χ0) is 15.9. The Bertz CT molecular complexity index is 493. The molecule has 0 aromatic heterocycles. The lowest BCUT2D eigenvalue weighted by atomic mass is 10.1. The van der Waals surface area contributed by atoms with Crippen molar-refractivity contribution >= 4 is 11.6 Å². The Balaban J connectivity index is 1.80. The van der Waals surface area contributed by atoms with E-state index < -0.39 is 0 Å². The number of aryl methyl sites for hydroxylation is 2. The van der Waals surface area contributed by atoms with Crippen molar-refractivity contribution in [3.8, 4) is 0 Å². The van der Waals surface area contributed by atoms with Crippen molar-refractivity contribution in [2.45, 2.75) is 33.6 Å². The number of hydrogen-bond acceptors (Lipinski definition) is 3. The van der Waals surface area contributed by atoms with E-state index >= 15 is 0 Å². The van der Waals surface area contributed by atoms with Crippen LogP contribution in [-0.2, 0) is 11.2 Å². The van der Waals surface area contributed by atoms with Gasteiger partial charge in [-0.25, -0.2) is 0 Å². The smallest absolute Gasteiger partial charge is 0.224 e. The molecule has 0 atom stereocenters. The summed E-state index contributed by atoms with van der Waals surface area (Å²) in [5, 5.41) is 3.46. The molecule has 1 fully saturated rings. The van der Waals surface area contributed by atoms with Gasteiger partial charge < -0.3 is 15.1 Å². The quantitative estimate of drug-likeness (QED) is 0.877. The lowest BCUT2D eigenvalue weighted by Crippen LogP contribution is -2.48. The average molecular weight is 303 g/mol. The molecular formula is C18H29N3O. The third-order valence-corrected chi connectivity index (χ3v) is 4.55. The maximum atomic E-state index is 12.3. The number of carbonyl (C=O) groups is 1. The number of nitrogens with one attached hydrogen (secondary N) is 1. The number of piperazine rings is 1. The van der Waals surface area contributed by atoms with E-state index in [9.17, 15) is 4.79 Å². The number of para-hydroxylation sites is 1. The molecule has 1 saturated heterocycles. The Hall–Kier alpha value is -1.55. The first-order chi connectivity index (χ1) is 10.7. The normalized spacial score (nSPS) is 15.9. The van der Waals surface area contributed by atoms with Crippen LogP contribution < -0.4 is 5.32 Å². The summed E-state index contributed by atoms with van der Waals surface area (Å²) in [6.07, 6.45) is 1.58. The molecule has 1 aliphatic heterocycles. The van der Waals surface area contributed by atoms with Crippen molar-refractivity contribution in [1.82, 2.24) is 9.80 Å². The molecule has 2 rings (SSSR count).